The number of hydrogen-bond donors (Lipinski definition) is 0. The molecule has 0 unspecified atom stereocenters. The molecule has 0 spiro atoms. The minimum absolute atomic E-state index is 0.0693. The molecule has 6 aromatic rings. The normalized spacial score (nSPS) is 13.4. The molecule has 0 saturated heterocycles. The zero-order chi connectivity index (χ0) is 27.0. The number of thiophene rings is 1. The Morgan fingerprint density at radius 1 is 0.816 bits per heavy atom. The summed E-state index contributed by atoms with van der Waals surface area (Å²) < 4.78 is 48.9. The third kappa shape index (κ3) is 3.97. The third-order valence-corrected chi connectivity index (χ3v) is 8.62. The van der Waals surface area contributed by atoms with Crippen LogP contribution in [0, 0.1) is 5.41 Å². The summed E-state index contributed by atoms with van der Waals surface area (Å²) >= 11 is 1.73. The third-order valence-electron chi connectivity index (χ3n) is 7.38. The first-order chi connectivity index (χ1) is 17.8. The number of halogens is 3. The predicted octanol–water partition coefficient (Wildman–Crippen LogP) is 10.4. The lowest BCUT2D eigenvalue weighted by atomic mass is 9.83. The van der Waals surface area contributed by atoms with E-state index in [1.165, 1.54) is 34.9 Å². The molecule has 0 aliphatic rings. The van der Waals surface area contributed by atoms with Crippen LogP contribution in [-0.4, -0.2) is 11.2 Å². The van der Waals surface area contributed by atoms with Crippen LogP contribution >= 0.6 is 11.3 Å². The van der Waals surface area contributed by atoms with Gasteiger partial charge in [0.05, 0.1) is 15.6 Å². The van der Waals surface area contributed by atoms with E-state index < -0.39 is 11.6 Å². The number of fused-ring (bicyclic) bond motifs is 5. The van der Waals surface area contributed by atoms with Gasteiger partial charge < -0.3 is 4.42 Å². The topological polar surface area (TPSA) is 26.0 Å². The fourth-order valence-electron chi connectivity index (χ4n) is 5.32. The van der Waals surface area contributed by atoms with Gasteiger partial charge >= 0.3 is 6.18 Å². The molecule has 194 valence electrons. The summed E-state index contributed by atoms with van der Waals surface area (Å²) in [6.07, 6.45) is -2.58. The van der Waals surface area contributed by atoms with Gasteiger partial charge in [-0.25, -0.2) is 0 Å². The Labute approximate surface area is 223 Å². The van der Waals surface area contributed by atoms with Crippen molar-refractivity contribution >= 4 is 53.4 Å². The molecule has 6 rings (SSSR count). The van der Waals surface area contributed by atoms with Gasteiger partial charge in [0.2, 0.25) is 0 Å². The SMILES string of the molecule is CC(C)(C)c1c2ccccc2cc2c1sc1c(-c3cc4ccc(CC(C)(C)C(F)(F)F)cc4o3)ccnc12. The largest absolute Gasteiger partial charge is 0.456 e. The Balaban J connectivity index is 1.53. The van der Waals surface area contributed by atoms with Gasteiger partial charge in [0.1, 0.15) is 11.3 Å². The summed E-state index contributed by atoms with van der Waals surface area (Å²) in [7, 11) is 0. The number of nitrogens with zero attached hydrogens (tertiary/aromatic N) is 1. The second kappa shape index (κ2) is 8.31. The van der Waals surface area contributed by atoms with E-state index in [1.54, 1.807) is 29.7 Å². The highest BCUT2D eigenvalue weighted by atomic mass is 32.1. The molecule has 0 N–H and O–H groups in total. The van der Waals surface area contributed by atoms with Crippen molar-refractivity contribution in [2.75, 3.05) is 0 Å². The average Bonchev–Trinajstić information content (AvgIpc) is 3.41. The van der Waals surface area contributed by atoms with Crippen molar-refractivity contribution in [1.82, 2.24) is 4.98 Å². The minimum atomic E-state index is -4.28. The Morgan fingerprint density at radius 2 is 1.58 bits per heavy atom. The van der Waals surface area contributed by atoms with Crippen LogP contribution < -0.4 is 0 Å². The predicted molar refractivity (Wildman–Crippen MR) is 152 cm³/mol. The van der Waals surface area contributed by atoms with Crippen LogP contribution in [0.1, 0.15) is 45.7 Å². The van der Waals surface area contributed by atoms with Crippen molar-refractivity contribution in [3.05, 3.63) is 78.0 Å². The summed E-state index contributed by atoms with van der Waals surface area (Å²) in [5.41, 5.74) is 2.48. The maximum absolute atomic E-state index is 13.5. The van der Waals surface area contributed by atoms with Crippen LogP contribution in [-0.2, 0) is 11.8 Å². The number of aromatic nitrogens is 1. The van der Waals surface area contributed by atoms with E-state index in [1.807, 2.05) is 18.2 Å². The number of furan rings is 1. The van der Waals surface area contributed by atoms with Crippen LogP contribution in [0.5, 0.6) is 0 Å². The molecule has 0 aliphatic carbocycles. The fraction of sp³-hybridized carbons (Fsp3) is 0.281. The molecule has 2 nitrogen and oxygen atoms in total. The summed E-state index contributed by atoms with van der Waals surface area (Å²) in [6.45, 7) is 9.18. The van der Waals surface area contributed by atoms with E-state index in [4.69, 9.17) is 9.40 Å². The highest BCUT2D eigenvalue weighted by Crippen LogP contribution is 2.46. The van der Waals surface area contributed by atoms with Crippen molar-refractivity contribution in [3.63, 3.8) is 0 Å². The van der Waals surface area contributed by atoms with Crippen LogP contribution in [0.2, 0.25) is 0 Å². The zero-order valence-electron chi connectivity index (χ0n) is 22.0. The van der Waals surface area contributed by atoms with Crippen molar-refractivity contribution in [3.8, 4) is 11.3 Å². The average molecular weight is 532 g/mol. The minimum Gasteiger partial charge on any atom is -0.456 e. The highest BCUT2D eigenvalue weighted by molar-refractivity contribution is 7.26. The Hall–Kier alpha value is -3.38. The van der Waals surface area contributed by atoms with Crippen LogP contribution in [0.25, 0.3) is 53.4 Å². The molecule has 6 heteroatoms. The van der Waals surface area contributed by atoms with E-state index in [-0.39, 0.29) is 11.8 Å². The van der Waals surface area contributed by atoms with Crippen LogP contribution in [0.3, 0.4) is 0 Å². The second-order valence-electron chi connectivity index (χ2n) is 11.8. The van der Waals surface area contributed by atoms with Gasteiger partial charge in [-0.2, -0.15) is 13.2 Å². The Bertz CT molecular complexity index is 1850. The maximum atomic E-state index is 13.5. The number of rotatable bonds is 3. The molecular formula is C32H28F3NOS. The molecule has 0 amide bonds. The molecule has 0 fully saturated rings. The molecule has 0 atom stereocenters. The summed E-state index contributed by atoms with van der Waals surface area (Å²) in [5, 5.41) is 4.43. The summed E-state index contributed by atoms with van der Waals surface area (Å²) in [5.74, 6) is 0.688. The molecule has 0 aliphatic heterocycles. The molecule has 38 heavy (non-hydrogen) atoms. The van der Waals surface area contributed by atoms with E-state index in [2.05, 4.69) is 51.1 Å². The summed E-state index contributed by atoms with van der Waals surface area (Å²) in [4.78, 5) is 4.78. The van der Waals surface area contributed by atoms with Crippen LogP contribution in [0.15, 0.2) is 71.3 Å². The second-order valence-corrected chi connectivity index (χ2v) is 12.8. The van der Waals surface area contributed by atoms with Gasteiger partial charge in [-0.3, -0.25) is 4.98 Å². The van der Waals surface area contributed by atoms with Gasteiger partial charge in [0, 0.05) is 27.2 Å². The van der Waals surface area contributed by atoms with Gasteiger partial charge in [0.15, 0.2) is 0 Å². The number of hydrogen-bond acceptors (Lipinski definition) is 3. The molecular weight excluding hydrogens is 503 g/mol. The van der Waals surface area contributed by atoms with Gasteiger partial charge in [-0.15, -0.1) is 11.3 Å². The van der Waals surface area contributed by atoms with Crippen molar-refractivity contribution in [2.45, 2.75) is 52.6 Å². The molecule has 0 radical (unpaired) electrons. The zero-order valence-corrected chi connectivity index (χ0v) is 22.8. The highest BCUT2D eigenvalue weighted by Gasteiger charge is 2.47. The van der Waals surface area contributed by atoms with Crippen molar-refractivity contribution in [1.29, 1.82) is 0 Å². The number of pyridine rings is 1. The molecule has 3 heterocycles. The van der Waals surface area contributed by atoms with Gasteiger partial charge in [0.25, 0.3) is 0 Å². The Morgan fingerprint density at radius 3 is 2.32 bits per heavy atom. The van der Waals surface area contributed by atoms with E-state index in [0.717, 1.165) is 26.6 Å². The first kappa shape index (κ1) is 24.9. The van der Waals surface area contributed by atoms with Gasteiger partial charge in [-0.1, -0.05) is 71.0 Å². The Kier molecular flexibility index (Phi) is 5.45. The summed E-state index contributed by atoms with van der Waals surface area (Å²) in [6, 6.07) is 20.0. The standard InChI is InChI=1S/C32H28F3NOS/c1-30(2,3)26-21-9-7-6-8-19(21)15-23-27-29(38-28(23)26)22(12-13-36-27)25-16-20-11-10-18(14-24(20)37-25)17-31(4,5)32(33,34)35/h6-16H,17H2,1-5H3. The lowest BCUT2D eigenvalue weighted by Crippen LogP contribution is -2.34. The van der Waals surface area contributed by atoms with E-state index >= 15 is 0 Å². The van der Waals surface area contributed by atoms with E-state index in [0.29, 0.717) is 16.9 Å². The fourth-order valence-corrected chi connectivity index (χ4v) is 6.85. The van der Waals surface area contributed by atoms with Crippen LogP contribution in [0.4, 0.5) is 13.2 Å². The van der Waals surface area contributed by atoms with E-state index in [9.17, 15) is 13.2 Å². The lowest BCUT2D eigenvalue weighted by molar-refractivity contribution is -0.211. The monoisotopic (exact) mass is 531 g/mol. The number of benzene rings is 3. The number of alkyl halides is 3. The lowest BCUT2D eigenvalue weighted by Gasteiger charge is -2.27. The molecule has 3 aromatic heterocycles. The van der Waals surface area contributed by atoms with Gasteiger partial charge in [-0.05, 0) is 58.0 Å². The van der Waals surface area contributed by atoms with Crippen molar-refractivity contribution < 1.29 is 17.6 Å². The smallest absolute Gasteiger partial charge is 0.394 e. The quantitative estimate of drug-likeness (QED) is 0.227. The molecule has 3 aromatic carbocycles. The molecule has 0 saturated carbocycles. The molecule has 0 bridgehead atoms. The first-order valence-electron chi connectivity index (χ1n) is 12.7. The van der Waals surface area contributed by atoms with Crippen molar-refractivity contribution in [2.24, 2.45) is 5.41 Å². The first-order valence-corrected chi connectivity index (χ1v) is 13.5. The maximum Gasteiger partial charge on any atom is 0.394 e.